The van der Waals surface area contributed by atoms with Crippen molar-refractivity contribution in [1.82, 2.24) is 0 Å². The molecule has 0 saturated carbocycles. The molecule has 1 amide bonds. The van der Waals surface area contributed by atoms with Crippen molar-refractivity contribution >= 4 is 5.91 Å². The number of nitrogens with two attached hydrogens (primary N) is 1. The van der Waals surface area contributed by atoms with E-state index < -0.39 is 0 Å². The Morgan fingerprint density at radius 1 is 1.39 bits per heavy atom. The van der Waals surface area contributed by atoms with Crippen LogP contribution in [0.4, 0.5) is 0 Å². The van der Waals surface area contributed by atoms with Crippen LogP contribution in [-0.2, 0) is 11.2 Å². The van der Waals surface area contributed by atoms with E-state index in [0.29, 0.717) is 19.4 Å². The summed E-state index contributed by atoms with van der Waals surface area (Å²) in [5.74, 6) is 0.656. The molecule has 0 aromatic heterocycles. The van der Waals surface area contributed by atoms with E-state index >= 15 is 0 Å². The molecule has 0 fully saturated rings. The topological polar surface area (TPSA) is 72.6 Å². The number of aliphatic hydroxyl groups excluding tert-OH is 1. The average Bonchev–Trinajstić information content (AvgIpc) is 2.36. The van der Waals surface area contributed by atoms with E-state index in [2.05, 4.69) is 0 Å². The lowest BCUT2D eigenvalue weighted by Crippen LogP contribution is -2.20. The molecule has 4 heteroatoms. The molecule has 0 aliphatic carbocycles. The number of ether oxygens (including phenoxy) is 1. The zero-order chi connectivity index (χ0) is 13.4. The van der Waals surface area contributed by atoms with Crippen LogP contribution >= 0.6 is 0 Å². The molecule has 100 valence electrons. The van der Waals surface area contributed by atoms with Crippen LogP contribution in [0.2, 0.25) is 0 Å². The normalized spacial score (nSPS) is 12.1. The van der Waals surface area contributed by atoms with Gasteiger partial charge in [-0.05, 0) is 30.5 Å². The molecule has 18 heavy (non-hydrogen) atoms. The van der Waals surface area contributed by atoms with Crippen LogP contribution in [0.15, 0.2) is 24.3 Å². The second-order valence-electron chi connectivity index (χ2n) is 4.37. The van der Waals surface area contributed by atoms with Gasteiger partial charge < -0.3 is 15.6 Å². The maximum Gasteiger partial charge on any atom is 0.217 e. The van der Waals surface area contributed by atoms with E-state index in [-0.39, 0.29) is 18.4 Å². The highest BCUT2D eigenvalue weighted by Gasteiger charge is 2.10. The molecular formula is C14H21NO3. The molecule has 4 nitrogen and oxygen atoms in total. The number of benzene rings is 1. The molecule has 0 spiro atoms. The fourth-order valence-electron chi connectivity index (χ4n) is 1.70. The number of rotatable bonds is 8. The minimum absolute atomic E-state index is 0.150. The predicted molar refractivity (Wildman–Crippen MR) is 70.3 cm³/mol. The third-order valence-electron chi connectivity index (χ3n) is 2.88. The fourth-order valence-corrected chi connectivity index (χ4v) is 1.70. The molecule has 1 rings (SSSR count). The van der Waals surface area contributed by atoms with E-state index in [4.69, 9.17) is 15.6 Å². The first-order chi connectivity index (χ1) is 8.65. The maximum atomic E-state index is 10.8. The summed E-state index contributed by atoms with van der Waals surface area (Å²) in [6.45, 7) is 2.66. The molecule has 0 heterocycles. The molecule has 1 atom stereocenters. The van der Waals surface area contributed by atoms with Crippen LogP contribution in [0.1, 0.15) is 25.3 Å². The molecule has 0 aliphatic heterocycles. The zero-order valence-electron chi connectivity index (χ0n) is 10.8. The van der Waals surface area contributed by atoms with Gasteiger partial charge in [-0.3, -0.25) is 4.79 Å². The van der Waals surface area contributed by atoms with Crippen molar-refractivity contribution in [3.05, 3.63) is 29.8 Å². The van der Waals surface area contributed by atoms with Crippen molar-refractivity contribution in [2.45, 2.75) is 26.2 Å². The van der Waals surface area contributed by atoms with Gasteiger partial charge in [0.1, 0.15) is 5.75 Å². The van der Waals surface area contributed by atoms with Gasteiger partial charge in [-0.25, -0.2) is 0 Å². The number of amides is 1. The Hall–Kier alpha value is -1.55. The average molecular weight is 251 g/mol. The summed E-state index contributed by atoms with van der Waals surface area (Å²) in [4.78, 5) is 10.8. The molecular weight excluding hydrogens is 230 g/mol. The highest BCUT2D eigenvalue weighted by molar-refractivity contribution is 5.73. The lowest BCUT2D eigenvalue weighted by atomic mass is 10.0. The van der Waals surface area contributed by atoms with E-state index in [0.717, 1.165) is 17.7 Å². The van der Waals surface area contributed by atoms with Gasteiger partial charge in [-0.15, -0.1) is 0 Å². The molecule has 3 N–H and O–H groups in total. The van der Waals surface area contributed by atoms with Crippen molar-refractivity contribution < 1.29 is 14.6 Å². The largest absolute Gasteiger partial charge is 0.493 e. The Morgan fingerprint density at radius 2 is 2.06 bits per heavy atom. The van der Waals surface area contributed by atoms with E-state index in [1.807, 2.05) is 31.2 Å². The van der Waals surface area contributed by atoms with Crippen molar-refractivity contribution in [2.75, 3.05) is 13.2 Å². The highest BCUT2D eigenvalue weighted by Crippen LogP contribution is 2.15. The Morgan fingerprint density at radius 3 is 2.56 bits per heavy atom. The SMILES string of the molecule is CC[C@@H](COc1ccc(CCO)cc1)CC(N)=O. The van der Waals surface area contributed by atoms with Crippen LogP contribution in [0, 0.1) is 5.92 Å². The molecule has 1 aromatic rings. The molecule has 0 unspecified atom stereocenters. The minimum atomic E-state index is -0.288. The van der Waals surface area contributed by atoms with Gasteiger partial charge in [-0.2, -0.15) is 0 Å². The number of carbonyl (C=O) groups excluding carboxylic acids is 1. The number of carbonyl (C=O) groups is 1. The van der Waals surface area contributed by atoms with Gasteiger partial charge >= 0.3 is 0 Å². The Balaban J connectivity index is 2.44. The Labute approximate surface area is 108 Å². The molecule has 0 saturated heterocycles. The van der Waals surface area contributed by atoms with Gasteiger partial charge in [-0.1, -0.05) is 19.1 Å². The van der Waals surface area contributed by atoms with Crippen LogP contribution in [-0.4, -0.2) is 24.2 Å². The summed E-state index contributed by atoms with van der Waals surface area (Å²) in [5, 5.41) is 8.81. The highest BCUT2D eigenvalue weighted by atomic mass is 16.5. The summed E-state index contributed by atoms with van der Waals surface area (Å²) in [7, 11) is 0. The summed E-state index contributed by atoms with van der Waals surface area (Å²) in [6, 6.07) is 7.62. The second-order valence-corrected chi connectivity index (χ2v) is 4.37. The van der Waals surface area contributed by atoms with Crippen molar-refractivity contribution in [3.63, 3.8) is 0 Å². The van der Waals surface area contributed by atoms with Crippen LogP contribution in [0.25, 0.3) is 0 Å². The zero-order valence-corrected chi connectivity index (χ0v) is 10.8. The van der Waals surface area contributed by atoms with E-state index in [9.17, 15) is 4.79 Å². The number of aliphatic hydroxyl groups is 1. The van der Waals surface area contributed by atoms with Gasteiger partial charge in [0, 0.05) is 18.9 Å². The van der Waals surface area contributed by atoms with Gasteiger partial charge in [0.15, 0.2) is 0 Å². The van der Waals surface area contributed by atoms with E-state index in [1.54, 1.807) is 0 Å². The maximum absolute atomic E-state index is 10.8. The summed E-state index contributed by atoms with van der Waals surface area (Å²) in [6.07, 6.45) is 1.88. The van der Waals surface area contributed by atoms with Crippen LogP contribution < -0.4 is 10.5 Å². The molecule has 0 aliphatic rings. The summed E-state index contributed by atoms with van der Waals surface area (Å²) >= 11 is 0. The number of primary amides is 1. The summed E-state index contributed by atoms with van der Waals surface area (Å²) < 4.78 is 5.62. The van der Waals surface area contributed by atoms with Crippen LogP contribution in [0.5, 0.6) is 5.75 Å². The van der Waals surface area contributed by atoms with Crippen molar-refractivity contribution in [1.29, 1.82) is 0 Å². The Kier molecular flexibility index (Phi) is 6.22. The first kappa shape index (κ1) is 14.5. The predicted octanol–water partition coefficient (Wildman–Crippen LogP) is 1.50. The first-order valence-electron chi connectivity index (χ1n) is 6.26. The number of hydrogen-bond acceptors (Lipinski definition) is 3. The second kappa shape index (κ2) is 7.71. The van der Waals surface area contributed by atoms with Crippen LogP contribution in [0.3, 0.4) is 0 Å². The van der Waals surface area contributed by atoms with Crippen molar-refractivity contribution in [3.8, 4) is 5.75 Å². The first-order valence-corrected chi connectivity index (χ1v) is 6.26. The van der Waals surface area contributed by atoms with Crippen molar-refractivity contribution in [2.24, 2.45) is 11.7 Å². The fraction of sp³-hybridized carbons (Fsp3) is 0.500. The van der Waals surface area contributed by atoms with Gasteiger partial charge in [0.25, 0.3) is 0 Å². The number of hydrogen-bond donors (Lipinski definition) is 2. The van der Waals surface area contributed by atoms with E-state index in [1.165, 1.54) is 0 Å². The molecule has 0 bridgehead atoms. The third kappa shape index (κ3) is 5.19. The van der Waals surface area contributed by atoms with Gasteiger partial charge in [0.2, 0.25) is 5.91 Å². The van der Waals surface area contributed by atoms with Gasteiger partial charge in [0.05, 0.1) is 6.61 Å². The third-order valence-corrected chi connectivity index (χ3v) is 2.88. The quantitative estimate of drug-likeness (QED) is 0.735. The molecule has 0 radical (unpaired) electrons. The monoisotopic (exact) mass is 251 g/mol. The smallest absolute Gasteiger partial charge is 0.217 e. The minimum Gasteiger partial charge on any atom is -0.493 e. The summed E-state index contributed by atoms with van der Waals surface area (Å²) in [5.41, 5.74) is 6.25. The lowest BCUT2D eigenvalue weighted by Gasteiger charge is -2.14. The molecule has 1 aromatic carbocycles. The lowest BCUT2D eigenvalue weighted by molar-refractivity contribution is -0.119. The standard InChI is InChI=1S/C14H21NO3/c1-2-11(9-14(15)17)10-18-13-5-3-12(4-6-13)7-8-16/h3-6,11,16H,2,7-10H2,1H3,(H2,15,17)/t11-/m1/s1. The Bertz CT molecular complexity index is 362.